The molecule has 0 fully saturated rings. The Morgan fingerprint density at radius 2 is 1.62 bits per heavy atom. The first-order valence-corrected chi connectivity index (χ1v) is 6.16. The van der Waals surface area contributed by atoms with Crippen LogP contribution in [-0.2, 0) is 0 Å². The summed E-state index contributed by atoms with van der Waals surface area (Å²) >= 11 is 0. The molecule has 1 aliphatic carbocycles. The molecule has 0 spiro atoms. The molecule has 1 aromatic heterocycles. The molecule has 0 amide bonds. The highest BCUT2D eigenvalue weighted by Crippen LogP contribution is 2.18. The number of pyridine rings is 1. The van der Waals surface area contributed by atoms with E-state index in [0.717, 1.165) is 12.1 Å². The lowest BCUT2D eigenvalue weighted by atomic mass is 10.1. The van der Waals surface area contributed by atoms with E-state index >= 15 is 0 Å². The van der Waals surface area contributed by atoms with Gasteiger partial charge in [-0.1, -0.05) is 52.0 Å². The van der Waals surface area contributed by atoms with Gasteiger partial charge in [-0.15, -0.1) is 0 Å². The molecule has 0 aliphatic heterocycles. The SMILES string of the molecule is CC.CC.Cc1nccc2c1C=CCC=C2. The van der Waals surface area contributed by atoms with E-state index in [9.17, 15) is 0 Å². The molecule has 16 heavy (non-hydrogen) atoms. The van der Waals surface area contributed by atoms with E-state index in [1.807, 2.05) is 40.8 Å². The van der Waals surface area contributed by atoms with Crippen molar-refractivity contribution in [3.63, 3.8) is 0 Å². The Morgan fingerprint density at radius 3 is 2.31 bits per heavy atom. The van der Waals surface area contributed by atoms with E-state index in [-0.39, 0.29) is 0 Å². The van der Waals surface area contributed by atoms with Crippen LogP contribution in [0.4, 0.5) is 0 Å². The Labute approximate surface area is 99.9 Å². The van der Waals surface area contributed by atoms with Crippen LogP contribution in [0, 0.1) is 6.92 Å². The molecule has 0 N–H and O–H groups in total. The predicted molar refractivity (Wildman–Crippen MR) is 74.4 cm³/mol. The Bertz CT molecular complexity index is 348. The first-order valence-electron chi connectivity index (χ1n) is 6.16. The van der Waals surface area contributed by atoms with Gasteiger partial charge in [-0.2, -0.15) is 0 Å². The van der Waals surface area contributed by atoms with Crippen molar-refractivity contribution in [2.24, 2.45) is 0 Å². The zero-order chi connectivity index (χ0) is 12.4. The molecule has 0 saturated carbocycles. The smallest absolute Gasteiger partial charge is 0.0450 e. The molecule has 1 nitrogen and oxygen atoms in total. The molecule has 1 heterocycles. The van der Waals surface area contributed by atoms with Crippen molar-refractivity contribution >= 4 is 12.2 Å². The summed E-state index contributed by atoms with van der Waals surface area (Å²) in [5.74, 6) is 0. The molecule has 1 heteroatoms. The van der Waals surface area contributed by atoms with Crippen LogP contribution >= 0.6 is 0 Å². The monoisotopic (exact) mass is 217 g/mol. The van der Waals surface area contributed by atoms with Crippen molar-refractivity contribution in [2.45, 2.75) is 41.0 Å². The van der Waals surface area contributed by atoms with Crippen LogP contribution in [0.15, 0.2) is 24.4 Å². The van der Waals surface area contributed by atoms with Gasteiger partial charge in [0.25, 0.3) is 0 Å². The van der Waals surface area contributed by atoms with Crippen LogP contribution in [0.5, 0.6) is 0 Å². The van der Waals surface area contributed by atoms with Crippen molar-refractivity contribution in [2.75, 3.05) is 0 Å². The quantitative estimate of drug-likeness (QED) is 0.604. The maximum atomic E-state index is 4.25. The number of allylic oxidation sites excluding steroid dienone is 2. The zero-order valence-corrected chi connectivity index (χ0v) is 11.1. The number of rotatable bonds is 0. The summed E-state index contributed by atoms with van der Waals surface area (Å²) < 4.78 is 0. The average Bonchev–Trinajstić information content (AvgIpc) is 2.60. The molecule has 0 bridgehead atoms. The number of aryl methyl sites for hydroxylation is 1. The van der Waals surface area contributed by atoms with Gasteiger partial charge < -0.3 is 0 Å². The highest BCUT2D eigenvalue weighted by Gasteiger charge is 2.01. The van der Waals surface area contributed by atoms with Gasteiger partial charge in [0.1, 0.15) is 0 Å². The Kier molecular flexibility index (Phi) is 8.14. The van der Waals surface area contributed by atoms with Gasteiger partial charge in [-0.25, -0.2) is 0 Å². The second-order valence-electron chi connectivity index (χ2n) is 2.94. The zero-order valence-electron chi connectivity index (χ0n) is 11.1. The largest absolute Gasteiger partial charge is 0.261 e. The molecular formula is C15H23N. The minimum absolute atomic E-state index is 1.02. The molecule has 88 valence electrons. The van der Waals surface area contributed by atoms with E-state index in [2.05, 4.69) is 35.4 Å². The second kappa shape index (κ2) is 8.90. The van der Waals surface area contributed by atoms with E-state index in [1.165, 1.54) is 11.1 Å². The van der Waals surface area contributed by atoms with E-state index in [4.69, 9.17) is 0 Å². The minimum Gasteiger partial charge on any atom is -0.261 e. The van der Waals surface area contributed by atoms with E-state index in [1.54, 1.807) is 0 Å². The summed E-state index contributed by atoms with van der Waals surface area (Å²) in [7, 11) is 0. The van der Waals surface area contributed by atoms with Gasteiger partial charge in [0.15, 0.2) is 0 Å². The first kappa shape index (κ1) is 14.6. The third kappa shape index (κ3) is 4.01. The lowest BCUT2D eigenvalue weighted by Crippen LogP contribution is -1.88. The van der Waals surface area contributed by atoms with Gasteiger partial charge in [0.05, 0.1) is 0 Å². The van der Waals surface area contributed by atoms with Gasteiger partial charge in [-0.3, -0.25) is 4.98 Å². The van der Waals surface area contributed by atoms with Gasteiger partial charge in [0.2, 0.25) is 0 Å². The van der Waals surface area contributed by atoms with Crippen LogP contribution in [0.1, 0.15) is 50.9 Å². The summed E-state index contributed by atoms with van der Waals surface area (Å²) in [6.45, 7) is 10.0. The highest BCUT2D eigenvalue weighted by atomic mass is 14.7. The third-order valence-electron chi connectivity index (χ3n) is 2.08. The Balaban J connectivity index is 0.000000509. The fourth-order valence-electron chi connectivity index (χ4n) is 1.42. The van der Waals surface area contributed by atoms with Crippen molar-refractivity contribution in [3.8, 4) is 0 Å². The van der Waals surface area contributed by atoms with Crippen LogP contribution in [0.25, 0.3) is 12.2 Å². The van der Waals surface area contributed by atoms with Crippen molar-refractivity contribution in [1.82, 2.24) is 4.98 Å². The fourth-order valence-corrected chi connectivity index (χ4v) is 1.42. The summed E-state index contributed by atoms with van der Waals surface area (Å²) in [4.78, 5) is 4.25. The van der Waals surface area contributed by atoms with Crippen molar-refractivity contribution < 1.29 is 0 Å². The van der Waals surface area contributed by atoms with Crippen LogP contribution in [0.3, 0.4) is 0 Å². The number of hydrogen-bond donors (Lipinski definition) is 0. The molecule has 0 aromatic carbocycles. The maximum Gasteiger partial charge on any atom is 0.0450 e. The second-order valence-corrected chi connectivity index (χ2v) is 2.94. The van der Waals surface area contributed by atoms with Crippen LogP contribution in [-0.4, -0.2) is 4.98 Å². The topological polar surface area (TPSA) is 12.9 Å². The van der Waals surface area contributed by atoms with Gasteiger partial charge >= 0.3 is 0 Å². The predicted octanol–water partition coefficient (Wildman–Crippen LogP) is 4.87. The first-order chi connectivity index (χ1) is 7.88. The molecular weight excluding hydrogens is 194 g/mol. The summed E-state index contributed by atoms with van der Waals surface area (Å²) in [5.41, 5.74) is 3.64. The lowest BCUT2D eigenvalue weighted by molar-refractivity contribution is 1.18. The maximum absolute atomic E-state index is 4.25. The Hall–Kier alpha value is -1.37. The number of nitrogens with zero attached hydrogens (tertiary/aromatic N) is 1. The van der Waals surface area contributed by atoms with Gasteiger partial charge in [-0.05, 0) is 25.0 Å². The fraction of sp³-hybridized carbons (Fsp3) is 0.400. The molecule has 0 saturated heterocycles. The standard InChI is InChI=1S/C11H11N.2C2H6/c1-9-11-6-4-2-3-5-10(11)7-8-12-9;2*1-2/h3-8H,2H2,1H3;2*1-2H3. The molecule has 2 rings (SSSR count). The summed E-state index contributed by atoms with van der Waals surface area (Å²) in [6, 6.07) is 2.05. The van der Waals surface area contributed by atoms with Crippen LogP contribution in [0.2, 0.25) is 0 Å². The van der Waals surface area contributed by atoms with Crippen LogP contribution < -0.4 is 0 Å². The number of hydrogen-bond acceptors (Lipinski definition) is 1. The molecule has 1 aliphatic rings. The Morgan fingerprint density at radius 1 is 1.00 bits per heavy atom. The van der Waals surface area contributed by atoms with Crippen molar-refractivity contribution in [3.05, 3.63) is 41.2 Å². The lowest BCUT2D eigenvalue weighted by Gasteiger charge is -2.01. The minimum atomic E-state index is 1.02. The van der Waals surface area contributed by atoms with Gasteiger partial charge in [0, 0.05) is 17.5 Å². The average molecular weight is 217 g/mol. The van der Waals surface area contributed by atoms with Crippen molar-refractivity contribution in [1.29, 1.82) is 0 Å². The molecule has 0 unspecified atom stereocenters. The molecule has 0 radical (unpaired) electrons. The third-order valence-corrected chi connectivity index (χ3v) is 2.08. The normalized spacial score (nSPS) is 11.3. The summed E-state index contributed by atoms with van der Waals surface area (Å²) in [6.07, 6.45) is 11.5. The summed E-state index contributed by atoms with van der Waals surface area (Å²) in [5, 5.41) is 0. The number of aromatic nitrogens is 1. The van der Waals surface area contributed by atoms with E-state index < -0.39 is 0 Å². The van der Waals surface area contributed by atoms with E-state index in [0.29, 0.717) is 0 Å². The highest BCUT2D eigenvalue weighted by molar-refractivity contribution is 5.68. The molecule has 0 atom stereocenters. The number of fused-ring (bicyclic) bond motifs is 1. The molecule has 1 aromatic rings.